The van der Waals surface area contributed by atoms with Crippen molar-refractivity contribution >= 4 is 47.8 Å². The van der Waals surface area contributed by atoms with Gasteiger partial charge in [0.15, 0.2) is 24.4 Å². The monoisotopic (exact) mass is 846 g/mol. The molecule has 0 amide bonds. The predicted octanol–water partition coefficient (Wildman–Crippen LogP) is 2.28. The highest BCUT2D eigenvalue weighted by molar-refractivity contribution is 5.70. The van der Waals surface area contributed by atoms with Gasteiger partial charge in [-0.15, -0.1) is 0 Å². The molecule has 2 aliphatic rings. The van der Waals surface area contributed by atoms with Crippen LogP contribution in [-0.4, -0.2) is 122 Å². The van der Waals surface area contributed by atoms with Crippen LogP contribution in [0.2, 0.25) is 0 Å². The SMILES string of the molecule is CC(=O)OC[C@H]1O[C@@H](Oc2ccc(-c3ccc(O[C@@H]4O[C@H](COC(C)=O)[C@H](OC(C)=O)[C@H](OC(C)=O)[C@H]4OC(C)=O)cc3)cc2)[C@H](OC(C)=O)[C@@H](OC(C)=O)[C@H]1OC(C)=O. The molecule has 0 spiro atoms. The van der Waals surface area contributed by atoms with E-state index in [9.17, 15) is 38.4 Å². The van der Waals surface area contributed by atoms with Crippen molar-refractivity contribution in [1.82, 2.24) is 0 Å². The Morgan fingerprint density at radius 3 is 0.917 bits per heavy atom. The van der Waals surface area contributed by atoms with Gasteiger partial charge in [-0.2, -0.15) is 0 Å². The van der Waals surface area contributed by atoms with Gasteiger partial charge < -0.3 is 56.8 Å². The van der Waals surface area contributed by atoms with E-state index in [1.165, 1.54) is 0 Å². The molecule has 20 nitrogen and oxygen atoms in total. The van der Waals surface area contributed by atoms with Gasteiger partial charge in [0.1, 0.15) is 36.9 Å². The molecule has 0 unspecified atom stereocenters. The summed E-state index contributed by atoms with van der Waals surface area (Å²) in [6, 6.07) is 13.1. The topological polar surface area (TPSA) is 247 Å². The summed E-state index contributed by atoms with van der Waals surface area (Å²) in [7, 11) is 0. The van der Waals surface area contributed by atoms with E-state index < -0.39 is 122 Å². The Morgan fingerprint density at radius 1 is 0.383 bits per heavy atom. The minimum absolute atomic E-state index is 0.211. The second kappa shape index (κ2) is 21.1. The summed E-state index contributed by atoms with van der Waals surface area (Å²) in [5.41, 5.74) is 1.37. The fraction of sp³-hybridized carbons (Fsp3) is 0.500. The maximum absolute atomic E-state index is 12.2. The van der Waals surface area contributed by atoms with E-state index in [2.05, 4.69) is 0 Å². The summed E-state index contributed by atoms with van der Waals surface area (Å²) in [6.45, 7) is 8.13. The lowest BCUT2D eigenvalue weighted by atomic mass is 9.98. The van der Waals surface area contributed by atoms with Gasteiger partial charge >= 0.3 is 47.8 Å². The lowest BCUT2D eigenvalue weighted by Crippen LogP contribution is -2.63. The average molecular weight is 847 g/mol. The van der Waals surface area contributed by atoms with Gasteiger partial charge in [-0.25, -0.2) is 0 Å². The molecular weight excluding hydrogens is 800 g/mol. The Balaban J connectivity index is 1.57. The summed E-state index contributed by atoms with van der Waals surface area (Å²) < 4.78 is 67.0. The molecule has 0 N–H and O–H groups in total. The zero-order valence-corrected chi connectivity index (χ0v) is 34.0. The van der Waals surface area contributed by atoms with Crippen molar-refractivity contribution in [2.24, 2.45) is 0 Å². The number of carbonyl (C=O) groups excluding carboxylic acids is 8. The van der Waals surface area contributed by atoms with Gasteiger partial charge in [-0.1, -0.05) is 24.3 Å². The predicted molar refractivity (Wildman–Crippen MR) is 197 cm³/mol. The van der Waals surface area contributed by atoms with E-state index >= 15 is 0 Å². The van der Waals surface area contributed by atoms with Crippen LogP contribution < -0.4 is 9.47 Å². The van der Waals surface area contributed by atoms with E-state index in [-0.39, 0.29) is 11.5 Å². The Kier molecular flexibility index (Phi) is 16.3. The number of benzene rings is 2. The molecule has 2 aromatic rings. The van der Waals surface area contributed by atoms with Gasteiger partial charge in [-0.05, 0) is 35.4 Å². The summed E-state index contributed by atoms with van der Waals surface area (Å²) >= 11 is 0. The van der Waals surface area contributed by atoms with Crippen LogP contribution in [0.5, 0.6) is 11.5 Å². The maximum Gasteiger partial charge on any atom is 0.303 e. The summed E-state index contributed by atoms with van der Waals surface area (Å²) in [4.78, 5) is 96.1. The molecule has 0 aliphatic carbocycles. The Labute approximate surface area is 343 Å². The summed E-state index contributed by atoms with van der Waals surface area (Å²) in [6.07, 6.45) is -13.7. The molecule has 2 heterocycles. The van der Waals surface area contributed by atoms with E-state index in [1.807, 2.05) is 0 Å². The first-order chi connectivity index (χ1) is 28.3. The van der Waals surface area contributed by atoms with Crippen molar-refractivity contribution in [2.75, 3.05) is 13.2 Å². The third kappa shape index (κ3) is 13.4. The van der Waals surface area contributed by atoms with Crippen molar-refractivity contribution < 1.29 is 95.2 Å². The molecule has 2 fully saturated rings. The number of carbonyl (C=O) groups is 8. The van der Waals surface area contributed by atoms with E-state index in [4.69, 9.17) is 56.8 Å². The fourth-order valence-electron chi connectivity index (χ4n) is 6.29. The molecule has 2 saturated heterocycles. The van der Waals surface area contributed by atoms with E-state index in [0.29, 0.717) is 11.1 Å². The molecule has 2 aromatic carbocycles. The van der Waals surface area contributed by atoms with Crippen molar-refractivity contribution in [3.8, 4) is 22.6 Å². The summed E-state index contributed by atoms with van der Waals surface area (Å²) in [5, 5.41) is 0. The van der Waals surface area contributed by atoms with E-state index in [1.54, 1.807) is 48.5 Å². The standard InChI is InChI=1S/C40H46O20/c1-19(41)49-17-31-33(51-21(3)43)35(53-23(5)45)37(55-25(7)47)39(59-31)57-29-13-9-27(10-14-29)28-11-15-30(16-12-28)58-40-38(56-26(8)48)36(54-24(6)46)34(52-22(4)44)32(60-40)18-50-20(2)42/h9-16,31-40H,17-18H2,1-8H3/t31-,32-,33+,34+,35+,36+,37-,38-,39-,40-/m1/s1. The smallest absolute Gasteiger partial charge is 0.303 e. The second-order valence-corrected chi connectivity index (χ2v) is 13.4. The molecular formula is C40H46O20. The third-order valence-corrected chi connectivity index (χ3v) is 8.44. The van der Waals surface area contributed by atoms with Crippen molar-refractivity contribution in [2.45, 2.75) is 117 Å². The molecule has 10 atom stereocenters. The molecule has 20 heteroatoms. The zero-order chi connectivity index (χ0) is 44.3. The lowest BCUT2D eigenvalue weighted by molar-refractivity contribution is -0.288. The fourth-order valence-corrected chi connectivity index (χ4v) is 6.29. The highest BCUT2D eigenvalue weighted by Gasteiger charge is 2.55. The Morgan fingerprint density at radius 2 is 0.650 bits per heavy atom. The van der Waals surface area contributed by atoms with Crippen molar-refractivity contribution in [1.29, 1.82) is 0 Å². The number of hydrogen-bond acceptors (Lipinski definition) is 20. The van der Waals surface area contributed by atoms with Crippen LogP contribution in [0.25, 0.3) is 11.1 Å². The largest absolute Gasteiger partial charge is 0.463 e. The first-order valence-corrected chi connectivity index (χ1v) is 18.5. The Hall–Kier alpha value is -6.28. The molecule has 2 aliphatic heterocycles. The number of hydrogen-bond donors (Lipinski definition) is 0. The van der Waals surface area contributed by atoms with Gasteiger partial charge in [0.25, 0.3) is 0 Å². The van der Waals surface area contributed by atoms with E-state index in [0.717, 1.165) is 55.4 Å². The average Bonchev–Trinajstić information content (AvgIpc) is 3.14. The maximum atomic E-state index is 12.2. The van der Waals surface area contributed by atoms with Gasteiger partial charge in [0, 0.05) is 55.4 Å². The molecule has 0 aromatic heterocycles. The van der Waals surface area contributed by atoms with Gasteiger partial charge in [0.05, 0.1) is 0 Å². The van der Waals surface area contributed by atoms with Crippen LogP contribution in [0, 0.1) is 0 Å². The number of rotatable bonds is 15. The molecule has 60 heavy (non-hydrogen) atoms. The van der Waals surface area contributed by atoms with Crippen LogP contribution in [0.15, 0.2) is 48.5 Å². The number of esters is 8. The quantitative estimate of drug-likeness (QED) is 0.184. The molecule has 326 valence electrons. The summed E-state index contributed by atoms with van der Waals surface area (Å²) in [5.74, 6) is -5.61. The van der Waals surface area contributed by atoms with Crippen LogP contribution in [0.1, 0.15) is 55.4 Å². The molecule has 0 saturated carbocycles. The minimum atomic E-state index is -1.44. The van der Waals surface area contributed by atoms with Crippen LogP contribution in [-0.2, 0) is 85.7 Å². The van der Waals surface area contributed by atoms with Crippen LogP contribution >= 0.6 is 0 Å². The highest BCUT2D eigenvalue weighted by atomic mass is 16.7. The molecule has 0 bridgehead atoms. The lowest BCUT2D eigenvalue weighted by Gasteiger charge is -2.43. The highest BCUT2D eigenvalue weighted by Crippen LogP contribution is 2.34. The first-order valence-electron chi connectivity index (χ1n) is 18.5. The molecule has 0 radical (unpaired) electrons. The minimum Gasteiger partial charge on any atom is -0.463 e. The van der Waals surface area contributed by atoms with Crippen molar-refractivity contribution in [3.05, 3.63) is 48.5 Å². The van der Waals surface area contributed by atoms with Gasteiger partial charge in [0.2, 0.25) is 24.8 Å². The second-order valence-electron chi connectivity index (χ2n) is 13.4. The van der Waals surface area contributed by atoms with Crippen LogP contribution in [0.4, 0.5) is 0 Å². The third-order valence-electron chi connectivity index (χ3n) is 8.44. The molecule has 4 rings (SSSR count). The number of ether oxygens (including phenoxy) is 12. The van der Waals surface area contributed by atoms with Gasteiger partial charge in [-0.3, -0.25) is 38.4 Å². The first kappa shape index (κ1) is 46.4. The van der Waals surface area contributed by atoms with Crippen LogP contribution in [0.3, 0.4) is 0 Å². The zero-order valence-electron chi connectivity index (χ0n) is 34.0. The van der Waals surface area contributed by atoms with Crippen molar-refractivity contribution in [3.63, 3.8) is 0 Å². The normalized spacial score (nSPS) is 25.9. The Bertz CT molecular complexity index is 1740.